The van der Waals surface area contributed by atoms with E-state index in [2.05, 4.69) is 41.4 Å². The molecule has 0 spiro atoms. The van der Waals surface area contributed by atoms with Gasteiger partial charge in [0.05, 0.1) is 6.54 Å². The molecule has 0 aromatic heterocycles. The van der Waals surface area contributed by atoms with Gasteiger partial charge < -0.3 is 10.2 Å². The summed E-state index contributed by atoms with van der Waals surface area (Å²) >= 11 is 0. The first-order valence-corrected chi connectivity index (χ1v) is 10.2. The molecule has 1 aliphatic rings. The van der Waals surface area contributed by atoms with Crippen LogP contribution in [-0.2, 0) is 6.42 Å². The fourth-order valence-corrected chi connectivity index (χ4v) is 3.57. The van der Waals surface area contributed by atoms with Crippen molar-refractivity contribution < 1.29 is 13.2 Å². The summed E-state index contributed by atoms with van der Waals surface area (Å²) in [6.45, 7) is 9.03. The second kappa shape index (κ2) is 12.6. The second-order valence-electron chi connectivity index (χ2n) is 7.51. The van der Waals surface area contributed by atoms with Crippen LogP contribution in [0.4, 0.5) is 13.2 Å². The van der Waals surface area contributed by atoms with Gasteiger partial charge in [-0.3, -0.25) is 9.89 Å². The highest BCUT2D eigenvalue weighted by Crippen LogP contribution is 2.21. The zero-order chi connectivity index (χ0) is 20.6. The van der Waals surface area contributed by atoms with Crippen molar-refractivity contribution in [2.75, 3.05) is 45.8 Å². The zero-order valence-electron chi connectivity index (χ0n) is 17.6. The lowest BCUT2D eigenvalue weighted by molar-refractivity contribution is -0.146. The monoisotopic (exact) mass is 526 g/mol. The Bertz CT molecular complexity index is 619. The van der Waals surface area contributed by atoms with Crippen molar-refractivity contribution in [2.45, 2.75) is 39.8 Å². The van der Waals surface area contributed by atoms with Crippen LogP contribution in [0.25, 0.3) is 0 Å². The van der Waals surface area contributed by atoms with Gasteiger partial charge in [0, 0.05) is 32.7 Å². The predicted molar refractivity (Wildman–Crippen MR) is 124 cm³/mol. The fraction of sp³-hybridized carbons (Fsp3) is 0.667. The van der Waals surface area contributed by atoms with Gasteiger partial charge in [0.1, 0.15) is 0 Å². The second-order valence-corrected chi connectivity index (χ2v) is 7.51. The summed E-state index contributed by atoms with van der Waals surface area (Å²) in [4.78, 5) is 8.43. The predicted octanol–water partition coefficient (Wildman–Crippen LogP) is 4.33. The highest BCUT2D eigenvalue weighted by atomic mass is 127. The Morgan fingerprint density at radius 3 is 2.52 bits per heavy atom. The summed E-state index contributed by atoms with van der Waals surface area (Å²) in [5.41, 5.74) is 2.51. The molecule has 4 nitrogen and oxygen atoms in total. The molecule has 1 atom stereocenters. The third-order valence-electron chi connectivity index (χ3n) is 5.07. The van der Waals surface area contributed by atoms with E-state index < -0.39 is 12.7 Å². The number of nitrogens with one attached hydrogen (secondary N) is 1. The minimum Gasteiger partial charge on any atom is -0.357 e. The van der Waals surface area contributed by atoms with E-state index in [-0.39, 0.29) is 29.9 Å². The molecule has 1 aromatic carbocycles. The van der Waals surface area contributed by atoms with Crippen LogP contribution in [-0.4, -0.2) is 67.7 Å². The highest BCUT2D eigenvalue weighted by Gasteiger charge is 2.32. The van der Waals surface area contributed by atoms with Crippen LogP contribution in [0.15, 0.2) is 29.3 Å². The lowest BCUT2D eigenvalue weighted by atomic mass is 10.1. The normalized spacial score (nSPS) is 17.6. The summed E-state index contributed by atoms with van der Waals surface area (Å²) in [5.74, 6) is 1.11. The first-order valence-electron chi connectivity index (χ1n) is 10.2. The summed E-state index contributed by atoms with van der Waals surface area (Å²) < 4.78 is 38.1. The summed E-state index contributed by atoms with van der Waals surface area (Å²) in [5, 5.41) is 3.33. The topological polar surface area (TPSA) is 30.9 Å². The Balaban J connectivity index is 0.00000420. The van der Waals surface area contributed by atoms with Gasteiger partial charge in [0.15, 0.2) is 5.96 Å². The van der Waals surface area contributed by atoms with Crippen LogP contribution in [0.1, 0.15) is 31.4 Å². The molecule has 1 unspecified atom stereocenters. The Kier molecular flexibility index (Phi) is 11.3. The molecule has 1 saturated heterocycles. The number of aryl methyl sites for hydroxylation is 1. The molecule has 0 aliphatic carbocycles. The van der Waals surface area contributed by atoms with Gasteiger partial charge in [0.25, 0.3) is 0 Å². The van der Waals surface area contributed by atoms with Crippen molar-refractivity contribution in [1.29, 1.82) is 0 Å². The molecule has 0 bridgehead atoms. The van der Waals surface area contributed by atoms with Gasteiger partial charge in [0.2, 0.25) is 0 Å². The van der Waals surface area contributed by atoms with Gasteiger partial charge in [-0.25, -0.2) is 0 Å². The molecule has 1 aliphatic heterocycles. The average molecular weight is 526 g/mol. The molecule has 0 radical (unpaired) electrons. The van der Waals surface area contributed by atoms with Crippen molar-refractivity contribution in [2.24, 2.45) is 10.9 Å². The van der Waals surface area contributed by atoms with Crippen LogP contribution >= 0.6 is 24.0 Å². The number of guanidine groups is 1. The SMILES string of the molecule is CCNC(=NCCc1ccc(C)cc1)N1CCC(CN(CC)CC(F)(F)F)C1.I. The largest absolute Gasteiger partial charge is 0.401 e. The number of halogens is 4. The molecule has 1 N–H and O–H groups in total. The maximum absolute atomic E-state index is 12.7. The number of likely N-dealkylation sites (tertiary alicyclic amines) is 1. The lowest BCUT2D eigenvalue weighted by Crippen LogP contribution is -2.42. The summed E-state index contributed by atoms with van der Waals surface area (Å²) in [7, 11) is 0. The zero-order valence-corrected chi connectivity index (χ0v) is 20.0. The number of nitrogens with zero attached hydrogens (tertiary/aromatic N) is 3. The highest BCUT2D eigenvalue weighted by molar-refractivity contribution is 14.0. The van der Waals surface area contributed by atoms with E-state index in [0.29, 0.717) is 19.6 Å². The van der Waals surface area contributed by atoms with E-state index in [1.165, 1.54) is 16.0 Å². The van der Waals surface area contributed by atoms with Crippen LogP contribution < -0.4 is 5.32 Å². The molecule has 1 fully saturated rings. The van der Waals surface area contributed by atoms with E-state index in [0.717, 1.165) is 38.4 Å². The molecular weight excluding hydrogens is 492 g/mol. The van der Waals surface area contributed by atoms with Gasteiger partial charge in [-0.05, 0) is 44.7 Å². The molecular formula is C21H34F3IN4. The third-order valence-corrected chi connectivity index (χ3v) is 5.07. The van der Waals surface area contributed by atoms with Crippen molar-refractivity contribution >= 4 is 29.9 Å². The van der Waals surface area contributed by atoms with Crippen molar-refractivity contribution in [1.82, 2.24) is 15.1 Å². The first kappa shape index (κ1) is 26.0. The van der Waals surface area contributed by atoms with Crippen molar-refractivity contribution in [3.63, 3.8) is 0 Å². The fourth-order valence-electron chi connectivity index (χ4n) is 3.57. The van der Waals surface area contributed by atoms with Gasteiger partial charge >= 0.3 is 6.18 Å². The number of rotatable bonds is 8. The van der Waals surface area contributed by atoms with Crippen molar-refractivity contribution in [3.8, 4) is 0 Å². The Hall–Kier alpha value is -1.03. The summed E-state index contributed by atoms with van der Waals surface area (Å²) in [6, 6.07) is 8.47. The van der Waals surface area contributed by atoms with Crippen molar-refractivity contribution in [3.05, 3.63) is 35.4 Å². The van der Waals surface area contributed by atoms with Crippen LogP contribution in [0.3, 0.4) is 0 Å². The number of alkyl halides is 3. The third kappa shape index (κ3) is 9.55. The summed E-state index contributed by atoms with van der Waals surface area (Å²) in [6.07, 6.45) is -2.36. The Morgan fingerprint density at radius 2 is 1.93 bits per heavy atom. The van der Waals surface area contributed by atoms with Gasteiger partial charge in [-0.1, -0.05) is 36.8 Å². The van der Waals surface area contributed by atoms with E-state index in [1.807, 2.05) is 6.92 Å². The van der Waals surface area contributed by atoms with Crippen LogP contribution in [0.5, 0.6) is 0 Å². The molecule has 29 heavy (non-hydrogen) atoms. The first-order chi connectivity index (χ1) is 13.3. The van der Waals surface area contributed by atoms with E-state index >= 15 is 0 Å². The number of hydrogen-bond acceptors (Lipinski definition) is 2. The Morgan fingerprint density at radius 1 is 1.24 bits per heavy atom. The number of aliphatic imine (C=N–C) groups is 1. The van der Waals surface area contributed by atoms with E-state index in [4.69, 9.17) is 4.99 Å². The smallest absolute Gasteiger partial charge is 0.357 e. The van der Waals surface area contributed by atoms with E-state index in [1.54, 1.807) is 6.92 Å². The molecule has 0 amide bonds. The number of hydrogen-bond donors (Lipinski definition) is 1. The lowest BCUT2D eigenvalue weighted by Gasteiger charge is -2.26. The molecule has 1 aromatic rings. The molecule has 0 saturated carbocycles. The number of benzene rings is 1. The Labute approximate surface area is 190 Å². The molecule has 166 valence electrons. The maximum Gasteiger partial charge on any atom is 0.401 e. The van der Waals surface area contributed by atoms with Crippen LogP contribution in [0.2, 0.25) is 0 Å². The van der Waals surface area contributed by atoms with Gasteiger partial charge in [-0.2, -0.15) is 13.2 Å². The van der Waals surface area contributed by atoms with Crippen LogP contribution in [0, 0.1) is 12.8 Å². The quantitative estimate of drug-likeness (QED) is 0.311. The molecule has 1 heterocycles. The maximum atomic E-state index is 12.7. The van der Waals surface area contributed by atoms with E-state index in [9.17, 15) is 13.2 Å². The average Bonchev–Trinajstić information content (AvgIpc) is 3.09. The standard InChI is InChI=1S/C21H33F3N4.HI/c1-4-25-20(26-12-10-18-8-6-17(3)7-9-18)28-13-11-19(15-28)14-27(5-2)16-21(22,23)24;/h6-9,19H,4-5,10-16H2,1-3H3,(H,25,26);1H. The minimum absolute atomic E-state index is 0. The molecule has 8 heteroatoms. The molecule has 2 rings (SSSR count). The van der Waals surface area contributed by atoms with Gasteiger partial charge in [-0.15, -0.1) is 24.0 Å². The minimum atomic E-state index is -4.14.